The van der Waals surface area contributed by atoms with E-state index < -0.39 is 37.4 Å². The third-order valence-corrected chi connectivity index (χ3v) is 9.51. The lowest BCUT2D eigenvalue weighted by Crippen LogP contribution is -2.38. The fourth-order valence-electron chi connectivity index (χ4n) is 3.89. The first-order valence-corrected chi connectivity index (χ1v) is 14.2. The summed E-state index contributed by atoms with van der Waals surface area (Å²) in [5.74, 6) is -0.687. The molecule has 1 amide bonds. The van der Waals surface area contributed by atoms with Crippen molar-refractivity contribution < 1.29 is 26.6 Å². The van der Waals surface area contributed by atoms with Gasteiger partial charge in [-0.15, -0.1) is 0 Å². The molecule has 3 aromatic rings. The number of anilines is 2. The van der Waals surface area contributed by atoms with Crippen LogP contribution in [0.2, 0.25) is 0 Å². The van der Waals surface area contributed by atoms with Crippen LogP contribution in [0.25, 0.3) is 0 Å². The minimum Gasteiger partial charge on any atom is -0.325 e. The first kappa shape index (κ1) is 26.3. The molecule has 1 saturated heterocycles. The number of nitrogens with one attached hydrogen (secondary N) is 1. The lowest BCUT2D eigenvalue weighted by Gasteiger charge is -2.24. The Morgan fingerprint density at radius 2 is 1.46 bits per heavy atom. The van der Waals surface area contributed by atoms with Gasteiger partial charge in [0.15, 0.2) is 0 Å². The average Bonchev–Trinajstić information content (AvgIpc) is 3.44. The van der Waals surface area contributed by atoms with E-state index in [1.165, 1.54) is 52.8 Å². The van der Waals surface area contributed by atoms with Gasteiger partial charge in [0.2, 0.25) is 15.9 Å². The van der Waals surface area contributed by atoms with Crippen LogP contribution in [0.3, 0.4) is 0 Å². The third kappa shape index (κ3) is 5.79. The molecule has 0 aromatic heterocycles. The van der Waals surface area contributed by atoms with E-state index in [4.69, 9.17) is 0 Å². The van der Waals surface area contributed by atoms with Gasteiger partial charge in [0.1, 0.15) is 6.54 Å². The normalized spacial score (nSPS) is 14.3. The average molecular weight is 545 g/mol. The van der Waals surface area contributed by atoms with Gasteiger partial charge < -0.3 is 5.32 Å². The number of nitro benzene ring substituents is 1. The van der Waals surface area contributed by atoms with Crippen molar-refractivity contribution in [3.05, 3.63) is 89.0 Å². The molecule has 0 saturated carbocycles. The van der Waals surface area contributed by atoms with Crippen molar-refractivity contribution in [2.45, 2.75) is 22.6 Å². The lowest BCUT2D eigenvalue weighted by atomic mass is 10.3. The highest BCUT2D eigenvalue weighted by Crippen LogP contribution is 2.26. The topological polar surface area (TPSA) is 147 Å². The smallest absolute Gasteiger partial charge is 0.269 e. The van der Waals surface area contributed by atoms with Crippen LogP contribution in [0, 0.1) is 10.1 Å². The molecule has 11 nitrogen and oxygen atoms in total. The second-order valence-corrected chi connectivity index (χ2v) is 12.1. The maximum absolute atomic E-state index is 13.4. The summed E-state index contributed by atoms with van der Waals surface area (Å²) in [7, 11) is -7.81. The zero-order chi connectivity index (χ0) is 26.6. The molecule has 1 N–H and O–H groups in total. The summed E-state index contributed by atoms with van der Waals surface area (Å²) in [6.07, 6.45) is 1.62. The van der Waals surface area contributed by atoms with Crippen molar-refractivity contribution in [2.24, 2.45) is 0 Å². The Bertz CT molecular complexity index is 1490. The highest BCUT2D eigenvalue weighted by atomic mass is 32.2. The molecule has 4 rings (SSSR count). The van der Waals surface area contributed by atoms with E-state index in [1.54, 1.807) is 18.2 Å². The predicted molar refractivity (Wildman–Crippen MR) is 137 cm³/mol. The number of sulfonamides is 2. The van der Waals surface area contributed by atoms with Crippen LogP contribution in [0.1, 0.15) is 12.8 Å². The third-order valence-electron chi connectivity index (χ3n) is 5.81. The molecule has 37 heavy (non-hydrogen) atoms. The summed E-state index contributed by atoms with van der Waals surface area (Å²) in [6, 6.07) is 17.9. The zero-order valence-corrected chi connectivity index (χ0v) is 21.2. The monoisotopic (exact) mass is 544 g/mol. The highest BCUT2D eigenvalue weighted by molar-refractivity contribution is 7.92. The number of benzene rings is 3. The molecule has 1 fully saturated rings. The number of carbonyl (C=O) groups excluding carboxylic acids is 1. The van der Waals surface area contributed by atoms with E-state index in [-0.39, 0.29) is 26.9 Å². The van der Waals surface area contributed by atoms with Crippen LogP contribution >= 0.6 is 0 Å². The quantitative estimate of drug-likeness (QED) is 0.321. The van der Waals surface area contributed by atoms with Crippen molar-refractivity contribution in [2.75, 3.05) is 29.3 Å². The van der Waals surface area contributed by atoms with E-state index in [1.807, 2.05) is 0 Å². The Morgan fingerprint density at radius 3 is 2.03 bits per heavy atom. The summed E-state index contributed by atoms with van der Waals surface area (Å²) in [6.45, 7) is 0.313. The number of nitro groups is 1. The van der Waals surface area contributed by atoms with Gasteiger partial charge in [0, 0.05) is 30.9 Å². The number of non-ortho nitro benzene ring substituents is 1. The van der Waals surface area contributed by atoms with Gasteiger partial charge in [0.25, 0.3) is 15.7 Å². The standard InChI is InChI=1S/C24H24N4O7S2/c29-24(25-19-8-14-23(15-9-19)36(32,33)26-16-4-5-17-26)18-27(20-10-12-21(13-11-20)28(30)31)37(34,35)22-6-2-1-3-7-22/h1-3,6-15H,4-5,16-18H2,(H,25,29). The molecule has 0 radical (unpaired) electrons. The summed E-state index contributed by atoms with van der Waals surface area (Å²) >= 11 is 0. The van der Waals surface area contributed by atoms with Gasteiger partial charge in [-0.1, -0.05) is 18.2 Å². The fourth-order valence-corrected chi connectivity index (χ4v) is 6.85. The molecule has 0 aliphatic carbocycles. The highest BCUT2D eigenvalue weighted by Gasteiger charge is 2.29. The maximum atomic E-state index is 13.4. The molecule has 0 spiro atoms. The van der Waals surface area contributed by atoms with Crippen LogP contribution in [0.4, 0.5) is 17.1 Å². The molecule has 1 heterocycles. The van der Waals surface area contributed by atoms with Crippen molar-refractivity contribution in [3.8, 4) is 0 Å². The summed E-state index contributed by atoms with van der Waals surface area (Å²) < 4.78 is 54.4. The second kappa shape index (κ2) is 10.7. The molecular weight excluding hydrogens is 520 g/mol. The number of hydrogen-bond donors (Lipinski definition) is 1. The number of amides is 1. The zero-order valence-electron chi connectivity index (χ0n) is 19.6. The largest absolute Gasteiger partial charge is 0.325 e. The van der Waals surface area contributed by atoms with Gasteiger partial charge in [-0.05, 0) is 61.4 Å². The van der Waals surface area contributed by atoms with Crippen LogP contribution in [0.5, 0.6) is 0 Å². The minimum absolute atomic E-state index is 0.0578. The van der Waals surface area contributed by atoms with Gasteiger partial charge in [0.05, 0.1) is 20.4 Å². The van der Waals surface area contributed by atoms with Crippen molar-refractivity contribution in [3.63, 3.8) is 0 Å². The summed E-state index contributed by atoms with van der Waals surface area (Å²) in [5.41, 5.74) is 0.122. The Balaban J connectivity index is 1.56. The molecule has 194 valence electrons. The predicted octanol–water partition coefficient (Wildman–Crippen LogP) is 3.21. The molecule has 0 bridgehead atoms. The SMILES string of the molecule is O=C(CN(c1ccc([N+](=O)[O-])cc1)S(=O)(=O)c1ccccc1)Nc1ccc(S(=O)(=O)N2CCCC2)cc1. The van der Waals surface area contributed by atoms with E-state index in [0.717, 1.165) is 29.3 Å². The summed E-state index contributed by atoms with van der Waals surface area (Å²) in [4.78, 5) is 23.3. The van der Waals surface area contributed by atoms with Gasteiger partial charge in [-0.2, -0.15) is 4.31 Å². The van der Waals surface area contributed by atoms with Crippen LogP contribution in [-0.2, 0) is 24.8 Å². The van der Waals surface area contributed by atoms with E-state index in [2.05, 4.69) is 5.32 Å². The molecule has 3 aromatic carbocycles. The van der Waals surface area contributed by atoms with Gasteiger partial charge in [-0.3, -0.25) is 19.2 Å². The number of carbonyl (C=O) groups is 1. The van der Waals surface area contributed by atoms with Crippen molar-refractivity contribution >= 4 is 43.0 Å². The first-order valence-electron chi connectivity index (χ1n) is 11.3. The Kier molecular flexibility index (Phi) is 7.57. The van der Waals surface area contributed by atoms with Crippen molar-refractivity contribution in [1.82, 2.24) is 4.31 Å². The van der Waals surface area contributed by atoms with Crippen LogP contribution in [0.15, 0.2) is 88.7 Å². The Morgan fingerprint density at radius 1 is 0.865 bits per heavy atom. The Labute approximate surface area is 214 Å². The van der Waals surface area contributed by atoms with Gasteiger partial charge >= 0.3 is 0 Å². The van der Waals surface area contributed by atoms with E-state index in [0.29, 0.717) is 13.1 Å². The fraction of sp³-hybridized carbons (Fsp3) is 0.208. The molecule has 0 atom stereocenters. The van der Waals surface area contributed by atoms with Gasteiger partial charge in [-0.25, -0.2) is 16.8 Å². The first-order chi connectivity index (χ1) is 17.6. The minimum atomic E-state index is -4.19. The lowest BCUT2D eigenvalue weighted by molar-refractivity contribution is -0.384. The molecule has 1 aliphatic heterocycles. The number of nitrogens with zero attached hydrogens (tertiary/aromatic N) is 3. The second-order valence-electron chi connectivity index (χ2n) is 8.28. The Hall–Kier alpha value is -3.81. The van der Waals surface area contributed by atoms with Crippen LogP contribution < -0.4 is 9.62 Å². The molecular formula is C24H24N4O7S2. The maximum Gasteiger partial charge on any atom is 0.269 e. The van der Waals surface area contributed by atoms with E-state index >= 15 is 0 Å². The summed E-state index contributed by atoms with van der Waals surface area (Å²) in [5, 5.41) is 13.6. The van der Waals surface area contributed by atoms with Crippen molar-refractivity contribution in [1.29, 1.82) is 0 Å². The molecule has 0 unspecified atom stereocenters. The molecule has 13 heteroatoms. The number of hydrogen-bond acceptors (Lipinski definition) is 7. The molecule has 1 aliphatic rings. The number of rotatable bonds is 9. The van der Waals surface area contributed by atoms with E-state index in [9.17, 15) is 31.7 Å². The van der Waals surface area contributed by atoms with Crippen LogP contribution in [-0.4, -0.2) is 51.6 Å².